The van der Waals surface area contributed by atoms with E-state index >= 15 is 0 Å². The predicted octanol–water partition coefficient (Wildman–Crippen LogP) is 4.12. The highest BCUT2D eigenvalue weighted by molar-refractivity contribution is 5.79. The van der Waals surface area contributed by atoms with Crippen LogP contribution in [0.2, 0.25) is 0 Å². The fraction of sp³-hybridized carbons (Fsp3) is 0.500. The van der Waals surface area contributed by atoms with Crippen LogP contribution in [0.4, 0.5) is 0 Å². The Morgan fingerprint density at radius 2 is 1.54 bits per heavy atom. The van der Waals surface area contributed by atoms with Gasteiger partial charge in [0, 0.05) is 37.9 Å². The third-order valence-electron chi connectivity index (χ3n) is 6.40. The third kappa shape index (κ3) is 4.79. The third-order valence-corrected chi connectivity index (χ3v) is 6.40. The maximum absolute atomic E-state index is 13.3. The van der Waals surface area contributed by atoms with Crippen LogP contribution in [-0.4, -0.2) is 40.3 Å². The van der Waals surface area contributed by atoms with Crippen molar-refractivity contribution in [2.45, 2.75) is 45.2 Å². The van der Waals surface area contributed by atoms with Crippen molar-refractivity contribution in [2.75, 3.05) is 19.6 Å². The highest BCUT2D eigenvalue weighted by atomic mass is 16.2. The minimum absolute atomic E-state index is 0.217. The smallest absolute Gasteiger partial charge is 0.226 e. The molecule has 1 unspecified atom stereocenters. The molecule has 2 fully saturated rings. The molecule has 4 nitrogen and oxygen atoms in total. The Labute approximate surface area is 168 Å². The molecule has 1 atom stereocenters. The molecule has 148 valence electrons. The van der Waals surface area contributed by atoms with Crippen LogP contribution in [-0.2, 0) is 17.9 Å². The molecule has 0 N–H and O–H groups in total. The van der Waals surface area contributed by atoms with Crippen molar-refractivity contribution in [3.63, 3.8) is 0 Å². The van der Waals surface area contributed by atoms with Crippen LogP contribution in [0, 0.1) is 11.8 Å². The minimum atomic E-state index is 0.217. The van der Waals surface area contributed by atoms with Crippen LogP contribution in [0.3, 0.4) is 0 Å². The predicted molar refractivity (Wildman–Crippen MR) is 111 cm³/mol. The van der Waals surface area contributed by atoms with E-state index < -0.39 is 0 Å². The lowest BCUT2D eigenvalue weighted by Crippen LogP contribution is -2.42. The molecule has 1 amide bonds. The average molecular weight is 378 g/mol. The second kappa shape index (κ2) is 9.33. The van der Waals surface area contributed by atoms with Crippen molar-refractivity contribution < 1.29 is 4.79 Å². The molecule has 4 heteroatoms. The van der Waals surface area contributed by atoms with Crippen molar-refractivity contribution in [2.24, 2.45) is 11.8 Å². The summed E-state index contributed by atoms with van der Waals surface area (Å²) in [4.78, 5) is 22.1. The number of benzene rings is 1. The molecule has 28 heavy (non-hydrogen) atoms. The second-order valence-corrected chi connectivity index (χ2v) is 8.32. The highest BCUT2D eigenvalue weighted by Crippen LogP contribution is 2.33. The number of carbonyl (C=O) groups excluding carboxylic acids is 1. The SMILES string of the molecule is O=C1C(C2CCN(Cc3ccncc3)CC2)CCCCN1Cc1ccccc1. The maximum atomic E-state index is 13.3. The van der Waals surface area contributed by atoms with Crippen LogP contribution in [0.25, 0.3) is 0 Å². The minimum Gasteiger partial charge on any atom is -0.338 e. The zero-order chi connectivity index (χ0) is 19.2. The van der Waals surface area contributed by atoms with Gasteiger partial charge >= 0.3 is 0 Å². The molecule has 0 saturated carbocycles. The van der Waals surface area contributed by atoms with E-state index in [2.05, 4.69) is 51.2 Å². The molecule has 4 rings (SSSR count). The number of hydrogen-bond acceptors (Lipinski definition) is 3. The van der Waals surface area contributed by atoms with Gasteiger partial charge in [-0.3, -0.25) is 14.7 Å². The van der Waals surface area contributed by atoms with Gasteiger partial charge in [-0.05, 0) is 68.0 Å². The lowest BCUT2D eigenvalue weighted by Gasteiger charge is -2.36. The summed E-state index contributed by atoms with van der Waals surface area (Å²) in [6.07, 6.45) is 9.40. The molecule has 0 spiro atoms. The Bertz CT molecular complexity index is 741. The number of hydrogen-bond donors (Lipinski definition) is 0. The van der Waals surface area contributed by atoms with Crippen LogP contribution in [0.5, 0.6) is 0 Å². The number of pyridine rings is 1. The van der Waals surface area contributed by atoms with Gasteiger partial charge in [-0.1, -0.05) is 36.8 Å². The van der Waals surface area contributed by atoms with Gasteiger partial charge in [0.15, 0.2) is 0 Å². The number of piperidine rings is 1. The van der Waals surface area contributed by atoms with Gasteiger partial charge in [0.1, 0.15) is 0 Å². The maximum Gasteiger partial charge on any atom is 0.226 e. The quantitative estimate of drug-likeness (QED) is 0.786. The van der Waals surface area contributed by atoms with E-state index in [4.69, 9.17) is 0 Å². The van der Waals surface area contributed by atoms with Gasteiger partial charge in [-0.25, -0.2) is 0 Å². The Hall–Kier alpha value is -2.20. The Balaban J connectivity index is 1.35. The zero-order valence-corrected chi connectivity index (χ0v) is 16.7. The molecule has 3 heterocycles. The van der Waals surface area contributed by atoms with E-state index in [-0.39, 0.29) is 5.92 Å². The van der Waals surface area contributed by atoms with Gasteiger partial charge in [-0.15, -0.1) is 0 Å². The van der Waals surface area contributed by atoms with Gasteiger partial charge < -0.3 is 4.90 Å². The monoisotopic (exact) mass is 377 g/mol. The van der Waals surface area contributed by atoms with Crippen LogP contribution in [0.15, 0.2) is 54.9 Å². The van der Waals surface area contributed by atoms with Crippen molar-refractivity contribution in [3.05, 3.63) is 66.0 Å². The van der Waals surface area contributed by atoms with Crippen molar-refractivity contribution in [1.82, 2.24) is 14.8 Å². The standard InChI is InChI=1S/C24H31N3O/c28-24-23(8-4-5-15-27(24)19-20-6-2-1-3-7-20)22-11-16-26(17-12-22)18-21-9-13-25-14-10-21/h1-3,6-7,9-10,13-14,22-23H,4-5,8,11-12,15-19H2. The summed E-state index contributed by atoms with van der Waals surface area (Å²) in [6, 6.07) is 14.6. The molecule has 2 aliphatic rings. The van der Waals surface area contributed by atoms with E-state index in [1.807, 2.05) is 18.5 Å². The van der Waals surface area contributed by atoms with Gasteiger partial charge in [0.2, 0.25) is 5.91 Å². The number of aromatic nitrogens is 1. The van der Waals surface area contributed by atoms with Gasteiger partial charge in [0.25, 0.3) is 0 Å². The highest BCUT2D eigenvalue weighted by Gasteiger charge is 2.35. The average Bonchev–Trinajstić information content (AvgIpc) is 2.92. The molecule has 0 radical (unpaired) electrons. The number of rotatable bonds is 5. The van der Waals surface area contributed by atoms with Crippen LogP contribution in [0.1, 0.15) is 43.2 Å². The molecule has 2 saturated heterocycles. The Morgan fingerprint density at radius 1 is 0.821 bits per heavy atom. The number of amides is 1. The molecular formula is C24H31N3O. The van der Waals surface area contributed by atoms with E-state index in [1.165, 1.54) is 17.5 Å². The lowest BCUT2D eigenvalue weighted by atomic mass is 9.81. The first-order valence-electron chi connectivity index (χ1n) is 10.7. The summed E-state index contributed by atoms with van der Waals surface area (Å²) in [6.45, 7) is 4.85. The molecular weight excluding hydrogens is 346 g/mol. The molecule has 1 aromatic carbocycles. The fourth-order valence-electron chi connectivity index (χ4n) is 4.79. The van der Waals surface area contributed by atoms with Crippen LogP contribution >= 0.6 is 0 Å². The topological polar surface area (TPSA) is 36.4 Å². The molecule has 2 aliphatic heterocycles. The van der Waals surface area contributed by atoms with Crippen LogP contribution < -0.4 is 0 Å². The van der Waals surface area contributed by atoms with E-state index in [1.54, 1.807) is 0 Å². The molecule has 0 bridgehead atoms. The normalized spacial score (nSPS) is 22.2. The zero-order valence-electron chi connectivity index (χ0n) is 16.7. The summed E-state index contributed by atoms with van der Waals surface area (Å²) in [5, 5.41) is 0. The number of likely N-dealkylation sites (tertiary alicyclic amines) is 2. The molecule has 0 aliphatic carbocycles. The summed E-state index contributed by atoms with van der Waals surface area (Å²) >= 11 is 0. The number of carbonyl (C=O) groups is 1. The molecule has 2 aromatic rings. The first kappa shape index (κ1) is 19.1. The van der Waals surface area contributed by atoms with E-state index in [0.29, 0.717) is 11.8 Å². The largest absolute Gasteiger partial charge is 0.338 e. The van der Waals surface area contributed by atoms with Gasteiger partial charge in [0.05, 0.1) is 0 Å². The molecule has 1 aromatic heterocycles. The van der Waals surface area contributed by atoms with Crippen molar-refractivity contribution >= 4 is 5.91 Å². The second-order valence-electron chi connectivity index (χ2n) is 8.32. The summed E-state index contributed by atoms with van der Waals surface area (Å²) in [5.74, 6) is 1.15. The van der Waals surface area contributed by atoms with E-state index in [9.17, 15) is 4.79 Å². The van der Waals surface area contributed by atoms with E-state index in [0.717, 1.165) is 58.4 Å². The van der Waals surface area contributed by atoms with Crippen molar-refractivity contribution in [1.29, 1.82) is 0 Å². The lowest BCUT2D eigenvalue weighted by molar-refractivity contribution is -0.138. The fourth-order valence-corrected chi connectivity index (χ4v) is 4.79. The Kier molecular flexibility index (Phi) is 6.38. The summed E-state index contributed by atoms with van der Waals surface area (Å²) < 4.78 is 0. The first-order valence-corrected chi connectivity index (χ1v) is 10.7. The first-order chi connectivity index (χ1) is 13.8. The summed E-state index contributed by atoms with van der Waals surface area (Å²) in [5.41, 5.74) is 2.57. The Morgan fingerprint density at radius 3 is 2.29 bits per heavy atom. The van der Waals surface area contributed by atoms with Gasteiger partial charge in [-0.2, -0.15) is 0 Å². The summed E-state index contributed by atoms with van der Waals surface area (Å²) in [7, 11) is 0. The van der Waals surface area contributed by atoms with Crippen molar-refractivity contribution in [3.8, 4) is 0 Å². The number of nitrogens with zero attached hydrogens (tertiary/aromatic N) is 3.